The van der Waals surface area contributed by atoms with Crippen molar-refractivity contribution in [2.24, 2.45) is 0 Å². The van der Waals surface area contributed by atoms with Crippen LogP contribution in [-0.2, 0) is 22.4 Å². The third-order valence-corrected chi connectivity index (χ3v) is 5.12. The van der Waals surface area contributed by atoms with Gasteiger partial charge in [-0.3, -0.25) is 9.69 Å². The van der Waals surface area contributed by atoms with Crippen molar-refractivity contribution in [2.75, 3.05) is 38.2 Å². The maximum absolute atomic E-state index is 11.3. The van der Waals surface area contributed by atoms with E-state index in [1.165, 1.54) is 31.2 Å². The minimum Gasteiger partial charge on any atom is -0.469 e. The van der Waals surface area contributed by atoms with Crippen molar-refractivity contribution in [3.05, 3.63) is 17.1 Å². The van der Waals surface area contributed by atoms with E-state index in [1.807, 2.05) is 6.92 Å². The van der Waals surface area contributed by atoms with Gasteiger partial charge in [-0.2, -0.15) is 0 Å². The first-order valence-electron chi connectivity index (χ1n) is 9.00. The Hall–Kier alpha value is -1.69. The summed E-state index contributed by atoms with van der Waals surface area (Å²) in [5, 5.41) is 0. The molecule has 0 amide bonds. The summed E-state index contributed by atoms with van der Waals surface area (Å²) in [6, 6.07) is 0.386. The van der Waals surface area contributed by atoms with Crippen LogP contribution in [0.15, 0.2) is 0 Å². The van der Waals surface area contributed by atoms with Gasteiger partial charge in [-0.25, -0.2) is 9.97 Å². The molecule has 1 fully saturated rings. The number of hydrogen-bond acceptors (Lipinski definition) is 6. The SMILES string of the molecule is COC(=O)CCN1CCN(c2nc(C)nc3c2CCCC3)C(C)C1. The number of nitrogens with zero attached hydrogens (tertiary/aromatic N) is 4. The van der Waals surface area contributed by atoms with E-state index in [1.54, 1.807) is 0 Å². The molecule has 2 aliphatic rings. The van der Waals surface area contributed by atoms with E-state index < -0.39 is 0 Å². The Morgan fingerprint density at radius 2 is 2.04 bits per heavy atom. The normalized spacial score (nSPS) is 21.5. The molecule has 0 spiro atoms. The van der Waals surface area contributed by atoms with E-state index in [0.29, 0.717) is 12.5 Å². The Bertz CT molecular complexity index is 605. The zero-order valence-electron chi connectivity index (χ0n) is 15.0. The molecule has 1 aliphatic heterocycles. The van der Waals surface area contributed by atoms with Crippen LogP contribution in [0.1, 0.15) is 43.3 Å². The van der Waals surface area contributed by atoms with Crippen molar-refractivity contribution < 1.29 is 9.53 Å². The molecule has 1 atom stereocenters. The van der Waals surface area contributed by atoms with Crippen molar-refractivity contribution in [3.63, 3.8) is 0 Å². The lowest BCUT2D eigenvalue weighted by Crippen LogP contribution is -2.53. The molecular weight excluding hydrogens is 304 g/mol. The average molecular weight is 332 g/mol. The Morgan fingerprint density at radius 3 is 2.79 bits per heavy atom. The van der Waals surface area contributed by atoms with E-state index in [9.17, 15) is 4.79 Å². The summed E-state index contributed by atoms with van der Waals surface area (Å²) in [5.41, 5.74) is 2.62. The molecule has 0 aromatic carbocycles. The van der Waals surface area contributed by atoms with Crippen LogP contribution in [0.4, 0.5) is 5.82 Å². The fourth-order valence-electron chi connectivity index (χ4n) is 3.83. The summed E-state index contributed by atoms with van der Waals surface area (Å²) >= 11 is 0. The molecule has 6 heteroatoms. The fourth-order valence-corrected chi connectivity index (χ4v) is 3.83. The minimum atomic E-state index is -0.134. The number of carbonyl (C=O) groups excluding carboxylic acids is 1. The fraction of sp³-hybridized carbons (Fsp3) is 0.722. The van der Waals surface area contributed by atoms with Gasteiger partial charge >= 0.3 is 5.97 Å². The number of piperazine rings is 1. The number of carbonyl (C=O) groups is 1. The van der Waals surface area contributed by atoms with E-state index in [2.05, 4.69) is 21.7 Å². The molecule has 0 saturated carbocycles. The van der Waals surface area contributed by atoms with Gasteiger partial charge in [0.2, 0.25) is 0 Å². The van der Waals surface area contributed by atoms with E-state index >= 15 is 0 Å². The number of fused-ring (bicyclic) bond motifs is 1. The van der Waals surface area contributed by atoms with E-state index in [0.717, 1.165) is 50.7 Å². The van der Waals surface area contributed by atoms with Crippen molar-refractivity contribution in [1.82, 2.24) is 14.9 Å². The number of aromatic nitrogens is 2. The quantitative estimate of drug-likeness (QED) is 0.783. The summed E-state index contributed by atoms with van der Waals surface area (Å²) < 4.78 is 4.74. The van der Waals surface area contributed by atoms with E-state index in [-0.39, 0.29) is 5.97 Å². The molecule has 0 N–H and O–H groups in total. The first-order chi connectivity index (χ1) is 11.6. The number of aryl methyl sites for hydroxylation is 2. The van der Waals surface area contributed by atoms with Crippen LogP contribution < -0.4 is 4.90 Å². The highest BCUT2D eigenvalue weighted by atomic mass is 16.5. The van der Waals surface area contributed by atoms with Crippen molar-refractivity contribution in [1.29, 1.82) is 0 Å². The summed E-state index contributed by atoms with van der Waals surface area (Å²) in [5.74, 6) is 1.90. The minimum absolute atomic E-state index is 0.134. The molecule has 6 nitrogen and oxygen atoms in total. The highest BCUT2D eigenvalue weighted by Crippen LogP contribution is 2.30. The molecule has 1 unspecified atom stereocenters. The molecule has 1 aromatic heterocycles. The van der Waals surface area contributed by atoms with E-state index in [4.69, 9.17) is 9.72 Å². The largest absolute Gasteiger partial charge is 0.469 e. The average Bonchev–Trinajstić information content (AvgIpc) is 2.59. The topological polar surface area (TPSA) is 58.6 Å². The van der Waals surface area contributed by atoms with Crippen LogP contribution in [0.5, 0.6) is 0 Å². The Labute approximate surface area is 144 Å². The van der Waals surface area contributed by atoms with Gasteiger partial charge in [-0.15, -0.1) is 0 Å². The molecule has 1 aliphatic carbocycles. The molecular formula is C18H28N4O2. The maximum Gasteiger partial charge on any atom is 0.306 e. The van der Waals surface area contributed by atoms with Crippen LogP contribution in [0.2, 0.25) is 0 Å². The predicted octanol–water partition coefficient (Wildman–Crippen LogP) is 1.74. The van der Waals surface area contributed by atoms with Gasteiger partial charge in [0.05, 0.1) is 13.5 Å². The lowest BCUT2D eigenvalue weighted by Gasteiger charge is -2.41. The Kier molecular flexibility index (Phi) is 5.33. The van der Waals surface area contributed by atoms with Gasteiger partial charge < -0.3 is 9.64 Å². The Morgan fingerprint density at radius 1 is 1.25 bits per heavy atom. The highest BCUT2D eigenvalue weighted by Gasteiger charge is 2.28. The summed E-state index contributed by atoms with van der Waals surface area (Å²) in [6.07, 6.45) is 5.12. The monoisotopic (exact) mass is 332 g/mol. The first-order valence-corrected chi connectivity index (χ1v) is 9.00. The third-order valence-electron chi connectivity index (χ3n) is 5.12. The second-order valence-electron chi connectivity index (χ2n) is 6.90. The standard InChI is InChI=1S/C18H28N4O2/c1-13-12-21(9-8-17(23)24-3)10-11-22(13)18-15-6-4-5-7-16(15)19-14(2)20-18/h13H,4-12H2,1-3H3. The number of anilines is 1. The van der Waals surface area contributed by atoms with Gasteiger partial charge in [0.1, 0.15) is 11.6 Å². The van der Waals surface area contributed by atoms with Crippen LogP contribution in [0.3, 0.4) is 0 Å². The summed E-state index contributed by atoms with van der Waals surface area (Å²) in [7, 11) is 1.45. The molecule has 24 heavy (non-hydrogen) atoms. The first kappa shape index (κ1) is 17.1. The molecule has 132 valence electrons. The van der Waals surface area contributed by atoms with Crippen LogP contribution in [0.25, 0.3) is 0 Å². The van der Waals surface area contributed by atoms with Gasteiger partial charge in [-0.1, -0.05) is 0 Å². The van der Waals surface area contributed by atoms with Gasteiger partial charge in [-0.05, 0) is 39.5 Å². The second-order valence-corrected chi connectivity index (χ2v) is 6.90. The molecule has 0 bridgehead atoms. The number of methoxy groups -OCH3 is 1. The number of esters is 1. The molecule has 2 heterocycles. The lowest BCUT2D eigenvalue weighted by atomic mass is 9.95. The molecule has 1 aromatic rings. The maximum atomic E-state index is 11.3. The second kappa shape index (κ2) is 7.47. The summed E-state index contributed by atoms with van der Waals surface area (Å²) in [6.45, 7) is 7.87. The number of ether oxygens (including phenoxy) is 1. The third kappa shape index (κ3) is 3.69. The molecule has 0 radical (unpaired) electrons. The van der Waals surface area contributed by atoms with Gasteiger partial charge in [0, 0.05) is 43.5 Å². The number of rotatable bonds is 4. The van der Waals surface area contributed by atoms with Crippen molar-refractivity contribution in [2.45, 2.75) is 52.0 Å². The summed E-state index contributed by atoms with van der Waals surface area (Å²) in [4.78, 5) is 25.6. The zero-order valence-corrected chi connectivity index (χ0v) is 15.0. The van der Waals surface area contributed by atoms with Gasteiger partial charge in [0.25, 0.3) is 0 Å². The van der Waals surface area contributed by atoms with Crippen LogP contribution in [-0.4, -0.2) is 60.2 Å². The predicted molar refractivity (Wildman–Crippen MR) is 93.3 cm³/mol. The molecule has 1 saturated heterocycles. The van der Waals surface area contributed by atoms with Crippen LogP contribution >= 0.6 is 0 Å². The van der Waals surface area contributed by atoms with Crippen molar-refractivity contribution >= 4 is 11.8 Å². The van der Waals surface area contributed by atoms with Gasteiger partial charge in [0.15, 0.2) is 0 Å². The Balaban J connectivity index is 1.71. The van der Waals surface area contributed by atoms with Crippen molar-refractivity contribution in [3.8, 4) is 0 Å². The zero-order chi connectivity index (χ0) is 17.1. The lowest BCUT2D eigenvalue weighted by molar-refractivity contribution is -0.141. The number of hydrogen-bond donors (Lipinski definition) is 0. The smallest absolute Gasteiger partial charge is 0.306 e. The van der Waals surface area contributed by atoms with Crippen LogP contribution in [0, 0.1) is 6.92 Å². The molecule has 3 rings (SSSR count). The highest BCUT2D eigenvalue weighted by molar-refractivity contribution is 5.69.